The van der Waals surface area contributed by atoms with Crippen LogP contribution in [0.1, 0.15) is 29.3 Å². The third-order valence-corrected chi connectivity index (χ3v) is 5.05. The van der Waals surface area contributed by atoms with Crippen LogP contribution in [0.5, 0.6) is 11.5 Å². The predicted octanol–water partition coefficient (Wildman–Crippen LogP) is 2.66. The number of carbonyl (C=O) groups excluding carboxylic acids is 3. The molecule has 31 heavy (non-hydrogen) atoms. The average molecular weight is 426 g/mol. The van der Waals surface area contributed by atoms with Crippen LogP contribution in [0.4, 0.5) is 5.69 Å². The third-order valence-electron chi connectivity index (χ3n) is 5.05. The van der Waals surface area contributed by atoms with Gasteiger partial charge in [0.2, 0.25) is 5.91 Å². The molecule has 3 rings (SSSR count). The smallest absolute Gasteiger partial charge is 0.338 e. The highest BCUT2D eigenvalue weighted by molar-refractivity contribution is 6.06. The van der Waals surface area contributed by atoms with E-state index in [1.807, 2.05) is 12.1 Å². The summed E-state index contributed by atoms with van der Waals surface area (Å²) in [6, 6.07) is 11.5. The number of ether oxygens (including phenoxy) is 3. The van der Waals surface area contributed by atoms with Crippen LogP contribution in [0.15, 0.2) is 42.5 Å². The second kappa shape index (κ2) is 9.97. The minimum Gasteiger partial charge on any atom is -0.493 e. The lowest BCUT2D eigenvalue weighted by Gasteiger charge is -2.17. The molecule has 2 aromatic carbocycles. The molecule has 164 valence electrons. The molecule has 1 N–H and O–H groups in total. The number of methoxy groups -OCH3 is 2. The van der Waals surface area contributed by atoms with Gasteiger partial charge in [0.25, 0.3) is 5.91 Å². The van der Waals surface area contributed by atoms with Crippen LogP contribution in [0.2, 0.25) is 0 Å². The summed E-state index contributed by atoms with van der Waals surface area (Å²) in [7, 11) is 3.13. The summed E-state index contributed by atoms with van der Waals surface area (Å²) in [5, 5.41) is 3.08. The van der Waals surface area contributed by atoms with Crippen molar-refractivity contribution in [3.8, 4) is 11.5 Å². The molecule has 2 amide bonds. The molecular formula is C23H26N2O6. The molecule has 1 heterocycles. The lowest BCUT2D eigenvalue weighted by Crippen LogP contribution is -2.36. The maximum atomic E-state index is 12.7. The van der Waals surface area contributed by atoms with E-state index in [0.717, 1.165) is 5.56 Å². The molecule has 0 saturated carbocycles. The first-order chi connectivity index (χ1) is 15.0. The number of hydrogen-bond donors (Lipinski definition) is 1. The molecule has 8 heteroatoms. The molecule has 0 aliphatic carbocycles. The topological polar surface area (TPSA) is 94.2 Å². The minimum absolute atomic E-state index is 0.0877. The zero-order chi connectivity index (χ0) is 22.4. The van der Waals surface area contributed by atoms with E-state index in [0.29, 0.717) is 35.8 Å². The largest absolute Gasteiger partial charge is 0.493 e. The first kappa shape index (κ1) is 22.1. The van der Waals surface area contributed by atoms with E-state index in [9.17, 15) is 14.4 Å². The summed E-state index contributed by atoms with van der Waals surface area (Å²) < 4.78 is 15.5. The van der Waals surface area contributed by atoms with Gasteiger partial charge in [0, 0.05) is 12.2 Å². The Balaban J connectivity index is 1.60. The zero-order valence-electron chi connectivity index (χ0n) is 17.8. The number of imide groups is 1. The fraction of sp³-hybridized carbons (Fsp3) is 0.348. The number of nitrogens with zero attached hydrogens (tertiary/aromatic N) is 1. The Morgan fingerprint density at radius 1 is 1.06 bits per heavy atom. The van der Waals surface area contributed by atoms with Gasteiger partial charge in [0.1, 0.15) is 6.04 Å². The van der Waals surface area contributed by atoms with Gasteiger partial charge in [0.05, 0.1) is 32.8 Å². The summed E-state index contributed by atoms with van der Waals surface area (Å²) in [6.07, 6.45) is 0.600. The van der Waals surface area contributed by atoms with E-state index in [2.05, 4.69) is 5.32 Å². The van der Waals surface area contributed by atoms with Crippen molar-refractivity contribution < 1.29 is 28.6 Å². The molecule has 1 aliphatic heterocycles. The SMILES string of the molecule is CCOC(=O)c1ccc(NC2CC(=O)N(CCc3ccc(OC)c(OC)c3)C2=O)cc1. The quantitative estimate of drug-likeness (QED) is 0.487. The molecule has 1 fully saturated rings. The van der Waals surface area contributed by atoms with Gasteiger partial charge >= 0.3 is 5.97 Å². The van der Waals surface area contributed by atoms with Crippen LogP contribution in [0.3, 0.4) is 0 Å². The second-order valence-corrected chi connectivity index (χ2v) is 7.02. The molecule has 0 radical (unpaired) electrons. The van der Waals surface area contributed by atoms with Gasteiger partial charge in [-0.15, -0.1) is 0 Å². The lowest BCUT2D eigenvalue weighted by molar-refractivity contribution is -0.138. The van der Waals surface area contributed by atoms with Crippen LogP contribution in [0, 0.1) is 0 Å². The molecule has 0 bridgehead atoms. The second-order valence-electron chi connectivity index (χ2n) is 7.02. The number of anilines is 1. The van der Waals surface area contributed by atoms with E-state index in [1.165, 1.54) is 4.90 Å². The van der Waals surface area contributed by atoms with Gasteiger partial charge in [-0.25, -0.2) is 4.79 Å². The monoisotopic (exact) mass is 426 g/mol. The molecule has 1 aliphatic rings. The summed E-state index contributed by atoms with van der Waals surface area (Å²) >= 11 is 0. The van der Waals surface area contributed by atoms with Crippen molar-refractivity contribution in [2.75, 3.05) is 32.7 Å². The summed E-state index contributed by atoms with van der Waals surface area (Å²) in [6.45, 7) is 2.33. The molecule has 8 nitrogen and oxygen atoms in total. The fourth-order valence-electron chi connectivity index (χ4n) is 3.43. The summed E-state index contributed by atoms with van der Waals surface area (Å²) in [5.74, 6) is 0.344. The van der Waals surface area contributed by atoms with Crippen LogP contribution in [-0.4, -0.2) is 56.1 Å². The normalized spacial score (nSPS) is 15.7. The Hall–Kier alpha value is -3.55. The van der Waals surface area contributed by atoms with Gasteiger partial charge in [0.15, 0.2) is 11.5 Å². The Morgan fingerprint density at radius 2 is 1.77 bits per heavy atom. The van der Waals surface area contributed by atoms with Crippen molar-refractivity contribution >= 4 is 23.5 Å². The van der Waals surface area contributed by atoms with Gasteiger partial charge < -0.3 is 19.5 Å². The number of hydrogen-bond acceptors (Lipinski definition) is 7. The fourth-order valence-corrected chi connectivity index (χ4v) is 3.43. The zero-order valence-corrected chi connectivity index (χ0v) is 17.8. The highest BCUT2D eigenvalue weighted by atomic mass is 16.5. The van der Waals surface area contributed by atoms with Gasteiger partial charge in [-0.1, -0.05) is 6.07 Å². The van der Waals surface area contributed by atoms with E-state index < -0.39 is 12.0 Å². The molecule has 1 atom stereocenters. The van der Waals surface area contributed by atoms with Gasteiger partial charge in [-0.3, -0.25) is 14.5 Å². The number of nitrogens with one attached hydrogen (secondary N) is 1. The molecule has 0 spiro atoms. The third kappa shape index (κ3) is 5.14. The molecule has 1 unspecified atom stereocenters. The standard InChI is InChI=1S/C23H26N2O6/c1-4-31-23(28)16-6-8-17(9-7-16)24-18-14-21(26)25(22(18)27)12-11-15-5-10-19(29-2)20(13-15)30-3/h5-10,13,18,24H,4,11-12,14H2,1-3H3. The Labute approximate surface area is 181 Å². The molecular weight excluding hydrogens is 400 g/mol. The van der Waals surface area contributed by atoms with Crippen molar-refractivity contribution in [2.24, 2.45) is 0 Å². The summed E-state index contributed by atoms with van der Waals surface area (Å²) in [4.78, 5) is 38.2. The van der Waals surface area contributed by atoms with E-state index >= 15 is 0 Å². The van der Waals surface area contributed by atoms with E-state index in [4.69, 9.17) is 14.2 Å². The highest BCUT2D eigenvalue weighted by Crippen LogP contribution is 2.28. The Kier molecular flexibility index (Phi) is 7.12. The van der Waals surface area contributed by atoms with Crippen LogP contribution in [0.25, 0.3) is 0 Å². The van der Waals surface area contributed by atoms with Gasteiger partial charge in [-0.2, -0.15) is 0 Å². The average Bonchev–Trinajstić information content (AvgIpc) is 3.04. The van der Waals surface area contributed by atoms with Crippen molar-refractivity contribution in [2.45, 2.75) is 25.8 Å². The van der Waals surface area contributed by atoms with Crippen LogP contribution < -0.4 is 14.8 Å². The molecule has 1 saturated heterocycles. The number of likely N-dealkylation sites (tertiary alicyclic amines) is 1. The maximum Gasteiger partial charge on any atom is 0.338 e. The van der Waals surface area contributed by atoms with E-state index in [1.54, 1.807) is 51.5 Å². The summed E-state index contributed by atoms with van der Waals surface area (Å²) in [5.41, 5.74) is 2.02. The number of rotatable bonds is 9. The number of esters is 1. The number of benzene rings is 2. The lowest BCUT2D eigenvalue weighted by atomic mass is 10.1. The van der Waals surface area contributed by atoms with Gasteiger partial charge in [-0.05, 0) is 55.3 Å². The Bertz CT molecular complexity index is 957. The van der Waals surface area contributed by atoms with Crippen LogP contribution >= 0.6 is 0 Å². The van der Waals surface area contributed by atoms with Crippen LogP contribution in [-0.2, 0) is 20.7 Å². The Morgan fingerprint density at radius 3 is 2.42 bits per heavy atom. The molecule has 2 aromatic rings. The van der Waals surface area contributed by atoms with Crippen molar-refractivity contribution in [3.05, 3.63) is 53.6 Å². The van der Waals surface area contributed by atoms with Crippen molar-refractivity contribution in [3.63, 3.8) is 0 Å². The van der Waals surface area contributed by atoms with E-state index in [-0.39, 0.29) is 24.8 Å². The molecule has 0 aromatic heterocycles. The minimum atomic E-state index is -0.633. The van der Waals surface area contributed by atoms with Crippen molar-refractivity contribution in [1.29, 1.82) is 0 Å². The maximum absolute atomic E-state index is 12.7. The first-order valence-electron chi connectivity index (χ1n) is 10.1. The number of amides is 2. The first-order valence-corrected chi connectivity index (χ1v) is 10.1. The predicted molar refractivity (Wildman–Crippen MR) is 114 cm³/mol. The van der Waals surface area contributed by atoms with Crippen molar-refractivity contribution in [1.82, 2.24) is 4.90 Å². The number of carbonyl (C=O) groups is 3. The highest BCUT2D eigenvalue weighted by Gasteiger charge is 2.38.